The van der Waals surface area contributed by atoms with E-state index in [4.69, 9.17) is 9.72 Å². The summed E-state index contributed by atoms with van der Waals surface area (Å²) in [6.07, 6.45) is 0. The van der Waals surface area contributed by atoms with E-state index >= 15 is 0 Å². The van der Waals surface area contributed by atoms with Gasteiger partial charge < -0.3 is 14.5 Å². The van der Waals surface area contributed by atoms with Crippen molar-refractivity contribution in [3.63, 3.8) is 0 Å². The van der Waals surface area contributed by atoms with Crippen LogP contribution in [0.15, 0.2) is 30.3 Å². The molecule has 1 saturated heterocycles. The largest absolute Gasteiger partial charge is 0.497 e. The van der Waals surface area contributed by atoms with Crippen LogP contribution in [0, 0.1) is 6.92 Å². The Morgan fingerprint density at radius 2 is 1.68 bits per heavy atom. The van der Waals surface area contributed by atoms with Crippen LogP contribution in [-0.2, 0) is 0 Å². The molecular weight excluding hydrogens is 276 g/mol. The number of methoxy groups -OCH3 is 1. The van der Waals surface area contributed by atoms with Gasteiger partial charge in [-0.3, -0.25) is 0 Å². The van der Waals surface area contributed by atoms with Gasteiger partial charge in [0.25, 0.3) is 0 Å². The van der Waals surface area contributed by atoms with Gasteiger partial charge in [0.15, 0.2) is 0 Å². The normalized spacial score (nSPS) is 15.9. The molecule has 1 aromatic heterocycles. The molecule has 0 aliphatic carbocycles. The van der Waals surface area contributed by atoms with E-state index in [-0.39, 0.29) is 0 Å². The van der Waals surface area contributed by atoms with Crippen molar-refractivity contribution in [2.75, 3.05) is 45.2 Å². The molecule has 116 valence electrons. The summed E-state index contributed by atoms with van der Waals surface area (Å²) < 4.78 is 5.21. The van der Waals surface area contributed by atoms with Crippen molar-refractivity contribution in [3.8, 4) is 17.0 Å². The molecule has 0 unspecified atom stereocenters. The lowest BCUT2D eigenvalue weighted by Gasteiger charge is -2.32. The smallest absolute Gasteiger partial charge is 0.226 e. The standard InChI is InChI=1S/C17H22N4O/c1-13-12-16(14-4-6-15(22-3)7-5-14)19-17(18-13)21-10-8-20(2)9-11-21/h4-7,12H,8-11H2,1-3H3. The van der Waals surface area contributed by atoms with Crippen molar-refractivity contribution in [1.29, 1.82) is 0 Å². The van der Waals surface area contributed by atoms with Gasteiger partial charge in [-0.05, 0) is 44.3 Å². The van der Waals surface area contributed by atoms with Crippen LogP contribution in [-0.4, -0.2) is 55.2 Å². The molecule has 0 spiro atoms. The predicted molar refractivity (Wildman–Crippen MR) is 88.5 cm³/mol. The zero-order valence-corrected chi connectivity index (χ0v) is 13.4. The molecule has 0 atom stereocenters. The van der Waals surface area contributed by atoms with Crippen LogP contribution in [0.4, 0.5) is 5.95 Å². The highest BCUT2D eigenvalue weighted by Gasteiger charge is 2.17. The summed E-state index contributed by atoms with van der Waals surface area (Å²) in [7, 11) is 3.83. The van der Waals surface area contributed by atoms with Gasteiger partial charge in [-0.1, -0.05) is 0 Å². The van der Waals surface area contributed by atoms with Gasteiger partial charge in [0.2, 0.25) is 5.95 Å². The van der Waals surface area contributed by atoms with Crippen molar-refractivity contribution in [3.05, 3.63) is 36.0 Å². The van der Waals surface area contributed by atoms with E-state index in [2.05, 4.69) is 21.8 Å². The second-order valence-corrected chi connectivity index (χ2v) is 5.71. The Hall–Kier alpha value is -2.14. The Balaban J connectivity index is 1.88. The van der Waals surface area contributed by atoms with Crippen LogP contribution in [0.25, 0.3) is 11.3 Å². The number of aryl methyl sites for hydroxylation is 1. The Morgan fingerprint density at radius 1 is 1.00 bits per heavy atom. The number of nitrogens with zero attached hydrogens (tertiary/aromatic N) is 4. The Bertz CT molecular complexity index is 634. The predicted octanol–water partition coefficient (Wildman–Crippen LogP) is 2.21. The lowest BCUT2D eigenvalue weighted by molar-refractivity contribution is 0.311. The third kappa shape index (κ3) is 3.20. The molecule has 5 nitrogen and oxygen atoms in total. The fourth-order valence-corrected chi connectivity index (χ4v) is 2.61. The molecule has 1 aliphatic rings. The lowest BCUT2D eigenvalue weighted by atomic mass is 10.1. The molecule has 0 bridgehead atoms. The molecule has 2 aromatic rings. The van der Waals surface area contributed by atoms with Crippen molar-refractivity contribution < 1.29 is 4.74 Å². The molecule has 0 amide bonds. The van der Waals surface area contributed by atoms with Crippen LogP contribution in [0.3, 0.4) is 0 Å². The van der Waals surface area contributed by atoms with Gasteiger partial charge in [0.1, 0.15) is 5.75 Å². The third-order valence-corrected chi connectivity index (χ3v) is 4.01. The van der Waals surface area contributed by atoms with E-state index in [1.54, 1.807) is 7.11 Å². The van der Waals surface area contributed by atoms with E-state index in [1.807, 2.05) is 37.3 Å². The number of likely N-dealkylation sites (N-methyl/N-ethyl adjacent to an activating group) is 1. The first kappa shape index (κ1) is 14.8. The maximum absolute atomic E-state index is 5.21. The molecule has 1 fully saturated rings. The first-order valence-electron chi connectivity index (χ1n) is 7.59. The third-order valence-electron chi connectivity index (χ3n) is 4.01. The molecule has 2 heterocycles. The van der Waals surface area contributed by atoms with Crippen molar-refractivity contribution in [2.45, 2.75) is 6.92 Å². The molecule has 0 N–H and O–H groups in total. The minimum Gasteiger partial charge on any atom is -0.497 e. The molecule has 5 heteroatoms. The minimum atomic E-state index is 0.832. The highest BCUT2D eigenvalue weighted by Crippen LogP contribution is 2.23. The maximum Gasteiger partial charge on any atom is 0.226 e. The van der Waals surface area contributed by atoms with E-state index in [0.717, 1.165) is 54.8 Å². The van der Waals surface area contributed by atoms with Gasteiger partial charge in [0, 0.05) is 37.4 Å². The second-order valence-electron chi connectivity index (χ2n) is 5.71. The number of ether oxygens (including phenoxy) is 1. The first-order valence-corrected chi connectivity index (χ1v) is 7.59. The molecule has 0 saturated carbocycles. The molecular formula is C17H22N4O. The van der Waals surface area contributed by atoms with Crippen LogP contribution in [0.5, 0.6) is 5.75 Å². The lowest BCUT2D eigenvalue weighted by Crippen LogP contribution is -2.45. The zero-order chi connectivity index (χ0) is 15.5. The zero-order valence-electron chi connectivity index (χ0n) is 13.4. The van der Waals surface area contributed by atoms with Crippen LogP contribution in [0.1, 0.15) is 5.69 Å². The fourth-order valence-electron chi connectivity index (χ4n) is 2.61. The summed E-state index contributed by atoms with van der Waals surface area (Å²) in [5.41, 5.74) is 3.04. The van der Waals surface area contributed by atoms with Crippen LogP contribution < -0.4 is 9.64 Å². The van der Waals surface area contributed by atoms with Gasteiger partial charge in [-0.15, -0.1) is 0 Å². The topological polar surface area (TPSA) is 41.5 Å². The SMILES string of the molecule is COc1ccc(-c2cc(C)nc(N3CCN(C)CC3)n2)cc1. The van der Waals surface area contributed by atoms with Crippen molar-refractivity contribution in [2.24, 2.45) is 0 Å². The average Bonchev–Trinajstić information content (AvgIpc) is 2.55. The summed E-state index contributed by atoms with van der Waals surface area (Å²) in [5.74, 6) is 1.69. The number of hydrogen-bond acceptors (Lipinski definition) is 5. The van der Waals surface area contributed by atoms with Crippen LogP contribution in [0.2, 0.25) is 0 Å². The quantitative estimate of drug-likeness (QED) is 0.869. The number of rotatable bonds is 3. The summed E-state index contributed by atoms with van der Waals surface area (Å²) in [6.45, 7) is 6.07. The van der Waals surface area contributed by atoms with Crippen LogP contribution >= 0.6 is 0 Å². The van der Waals surface area contributed by atoms with E-state index in [9.17, 15) is 0 Å². The minimum absolute atomic E-state index is 0.832. The molecule has 1 aliphatic heterocycles. The number of piperazine rings is 1. The van der Waals surface area contributed by atoms with Gasteiger partial charge >= 0.3 is 0 Å². The summed E-state index contributed by atoms with van der Waals surface area (Å²) in [6, 6.07) is 10.0. The number of anilines is 1. The highest BCUT2D eigenvalue weighted by atomic mass is 16.5. The van der Waals surface area contributed by atoms with Gasteiger partial charge in [-0.25, -0.2) is 9.97 Å². The monoisotopic (exact) mass is 298 g/mol. The van der Waals surface area contributed by atoms with E-state index in [1.165, 1.54) is 0 Å². The summed E-state index contributed by atoms with van der Waals surface area (Å²) in [5, 5.41) is 0. The molecule has 0 radical (unpaired) electrons. The second kappa shape index (κ2) is 6.32. The fraction of sp³-hybridized carbons (Fsp3) is 0.412. The van der Waals surface area contributed by atoms with E-state index < -0.39 is 0 Å². The highest BCUT2D eigenvalue weighted by molar-refractivity contribution is 5.62. The van der Waals surface area contributed by atoms with Crippen molar-refractivity contribution >= 4 is 5.95 Å². The molecule has 1 aromatic carbocycles. The van der Waals surface area contributed by atoms with Gasteiger partial charge in [-0.2, -0.15) is 0 Å². The van der Waals surface area contributed by atoms with E-state index in [0.29, 0.717) is 0 Å². The first-order chi connectivity index (χ1) is 10.7. The summed E-state index contributed by atoms with van der Waals surface area (Å²) in [4.78, 5) is 14.0. The van der Waals surface area contributed by atoms with Crippen molar-refractivity contribution in [1.82, 2.24) is 14.9 Å². The Morgan fingerprint density at radius 3 is 2.32 bits per heavy atom. The maximum atomic E-state index is 5.21. The Kier molecular flexibility index (Phi) is 4.24. The number of hydrogen-bond donors (Lipinski definition) is 0. The molecule has 3 rings (SSSR count). The summed E-state index contributed by atoms with van der Waals surface area (Å²) >= 11 is 0. The number of aromatic nitrogens is 2. The molecule has 22 heavy (non-hydrogen) atoms. The Labute approximate surface area is 131 Å². The number of benzene rings is 1. The van der Waals surface area contributed by atoms with Gasteiger partial charge in [0.05, 0.1) is 12.8 Å². The average molecular weight is 298 g/mol.